The number of methoxy groups -OCH3 is 1. The summed E-state index contributed by atoms with van der Waals surface area (Å²) in [7, 11) is 1.65. The molecule has 2 aromatic rings. The fraction of sp³-hybridized carbons (Fsp3) is 0.375. The SMILES string of the molecule is COc1ccc(C[C@H]2CN(C(=O)c3cnc[nH]3)CCO2)cc1. The lowest BCUT2D eigenvalue weighted by molar-refractivity contribution is -0.0210. The van der Waals surface area contributed by atoms with E-state index < -0.39 is 0 Å². The van der Waals surface area contributed by atoms with E-state index >= 15 is 0 Å². The molecule has 1 aromatic carbocycles. The molecule has 1 aromatic heterocycles. The van der Waals surface area contributed by atoms with Crippen LogP contribution in [0, 0.1) is 0 Å². The molecule has 116 valence electrons. The van der Waals surface area contributed by atoms with Crippen LogP contribution in [0.4, 0.5) is 0 Å². The Morgan fingerprint density at radius 1 is 1.45 bits per heavy atom. The molecule has 6 heteroatoms. The second-order valence-corrected chi connectivity index (χ2v) is 5.26. The van der Waals surface area contributed by atoms with Crippen molar-refractivity contribution in [2.75, 3.05) is 26.8 Å². The number of aromatic amines is 1. The Balaban J connectivity index is 1.61. The van der Waals surface area contributed by atoms with Crippen LogP contribution >= 0.6 is 0 Å². The molecule has 1 saturated heterocycles. The molecule has 1 amide bonds. The third-order valence-electron chi connectivity index (χ3n) is 3.78. The molecule has 1 aliphatic rings. The zero-order valence-electron chi connectivity index (χ0n) is 12.5. The van der Waals surface area contributed by atoms with Crippen LogP contribution in [0.3, 0.4) is 0 Å². The first kappa shape index (κ1) is 14.6. The maximum atomic E-state index is 12.3. The van der Waals surface area contributed by atoms with E-state index in [4.69, 9.17) is 9.47 Å². The van der Waals surface area contributed by atoms with E-state index in [9.17, 15) is 4.79 Å². The predicted octanol–water partition coefficient (Wildman–Crippen LogP) is 1.50. The van der Waals surface area contributed by atoms with Crippen molar-refractivity contribution in [2.45, 2.75) is 12.5 Å². The Hall–Kier alpha value is -2.34. The molecule has 1 aliphatic heterocycles. The topological polar surface area (TPSA) is 67.5 Å². The summed E-state index contributed by atoms with van der Waals surface area (Å²) in [5.74, 6) is 0.810. The van der Waals surface area contributed by atoms with Gasteiger partial charge in [0.25, 0.3) is 5.91 Å². The van der Waals surface area contributed by atoms with Crippen molar-refractivity contribution < 1.29 is 14.3 Å². The van der Waals surface area contributed by atoms with Gasteiger partial charge >= 0.3 is 0 Å². The van der Waals surface area contributed by atoms with Crippen molar-refractivity contribution in [1.82, 2.24) is 14.9 Å². The highest BCUT2D eigenvalue weighted by Crippen LogP contribution is 2.16. The summed E-state index contributed by atoms with van der Waals surface area (Å²) in [6, 6.07) is 7.92. The van der Waals surface area contributed by atoms with Crippen LogP contribution < -0.4 is 4.74 Å². The number of amides is 1. The van der Waals surface area contributed by atoms with Gasteiger partial charge < -0.3 is 19.4 Å². The summed E-state index contributed by atoms with van der Waals surface area (Å²) in [6.07, 6.45) is 3.85. The molecule has 0 unspecified atom stereocenters. The molecular formula is C16H19N3O3. The van der Waals surface area contributed by atoms with Crippen LogP contribution in [0.5, 0.6) is 5.75 Å². The summed E-state index contributed by atoms with van der Waals surface area (Å²) in [5, 5.41) is 0. The summed E-state index contributed by atoms with van der Waals surface area (Å²) in [5.41, 5.74) is 1.69. The van der Waals surface area contributed by atoms with Gasteiger partial charge in [-0.1, -0.05) is 12.1 Å². The molecule has 6 nitrogen and oxygen atoms in total. The minimum Gasteiger partial charge on any atom is -0.497 e. The number of morpholine rings is 1. The molecule has 0 bridgehead atoms. The Kier molecular flexibility index (Phi) is 4.39. The fourth-order valence-electron chi connectivity index (χ4n) is 2.59. The summed E-state index contributed by atoms with van der Waals surface area (Å²) < 4.78 is 10.9. The number of carbonyl (C=O) groups is 1. The molecule has 0 saturated carbocycles. The maximum absolute atomic E-state index is 12.3. The standard InChI is InChI=1S/C16H19N3O3/c1-21-13-4-2-12(3-5-13)8-14-10-19(6-7-22-14)16(20)15-9-17-11-18-15/h2-5,9,11,14H,6-8,10H2,1H3,(H,17,18)/t14-/m0/s1. The van der Waals surface area contributed by atoms with Crippen LogP contribution in [-0.4, -0.2) is 53.7 Å². The number of imidazole rings is 1. The number of hydrogen-bond acceptors (Lipinski definition) is 4. The Morgan fingerprint density at radius 2 is 2.27 bits per heavy atom. The number of hydrogen-bond donors (Lipinski definition) is 1. The van der Waals surface area contributed by atoms with Crippen LogP contribution in [-0.2, 0) is 11.2 Å². The van der Waals surface area contributed by atoms with E-state index in [1.807, 2.05) is 29.2 Å². The molecule has 2 heterocycles. The largest absolute Gasteiger partial charge is 0.497 e. The average molecular weight is 301 g/mol. The van der Waals surface area contributed by atoms with E-state index in [-0.39, 0.29) is 12.0 Å². The first-order valence-electron chi connectivity index (χ1n) is 7.28. The lowest BCUT2D eigenvalue weighted by Crippen LogP contribution is -2.46. The van der Waals surface area contributed by atoms with Gasteiger partial charge in [0, 0.05) is 19.5 Å². The normalized spacial score (nSPS) is 18.2. The second kappa shape index (κ2) is 6.62. The second-order valence-electron chi connectivity index (χ2n) is 5.26. The third-order valence-corrected chi connectivity index (χ3v) is 3.78. The van der Waals surface area contributed by atoms with E-state index in [0.717, 1.165) is 12.2 Å². The number of benzene rings is 1. The van der Waals surface area contributed by atoms with Gasteiger partial charge in [-0.2, -0.15) is 0 Å². The summed E-state index contributed by atoms with van der Waals surface area (Å²) in [6.45, 7) is 1.75. The zero-order valence-corrected chi connectivity index (χ0v) is 12.5. The molecule has 0 aliphatic carbocycles. The molecule has 1 fully saturated rings. The number of aromatic nitrogens is 2. The number of nitrogens with zero attached hydrogens (tertiary/aromatic N) is 2. The minimum atomic E-state index is -0.0273. The zero-order chi connectivity index (χ0) is 15.4. The predicted molar refractivity (Wildman–Crippen MR) is 80.9 cm³/mol. The molecule has 1 N–H and O–H groups in total. The third kappa shape index (κ3) is 3.28. The van der Waals surface area contributed by atoms with Crippen molar-refractivity contribution >= 4 is 5.91 Å². The average Bonchev–Trinajstić information content (AvgIpc) is 3.09. The van der Waals surface area contributed by atoms with Crippen LogP contribution in [0.25, 0.3) is 0 Å². The smallest absolute Gasteiger partial charge is 0.272 e. The highest BCUT2D eigenvalue weighted by Gasteiger charge is 2.25. The van der Waals surface area contributed by atoms with Gasteiger partial charge in [0.2, 0.25) is 0 Å². The van der Waals surface area contributed by atoms with Crippen LogP contribution in [0.15, 0.2) is 36.8 Å². The Morgan fingerprint density at radius 3 is 2.95 bits per heavy atom. The van der Waals surface area contributed by atoms with Gasteiger partial charge in [-0.15, -0.1) is 0 Å². The van der Waals surface area contributed by atoms with Gasteiger partial charge in [-0.05, 0) is 17.7 Å². The van der Waals surface area contributed by atoms with Crippen molar-refractivity contribution in [3.8, 4) is 5.75 Å². The van der Waals surface area contributed by atoms with E-state index in [0.29, 0.717) is 25.4 Å². The quantitative estimate of drug-likeness (QED) is 0.929. The van der Waals surface area contributed by atoms with Crippen molar-refractivity contribution in [3.63, 3.8) is 0 Å². The van der Waals surface area contributed by atoms with Crippen molar-refractivity contribution in [3.05, 3.63) is 48.0 Å². The highest BCUT2D eigenvalue weighted by atomic mass is 16.5. The van der Waals surface area contributed by atoms with Crippen molar-refractivity contribution in [1.29, 1.82) is 0 Å². The highest BCUT2D eigenvalue weighted by molar-refractivity contribution is 5.92. The van der Waals surface area contributed by atoms with E-state index in [2.05, 4.69) is 9.97 Å². The first-order valence-corrected chi connectivity index (χ1v) is 7.28. The van der Waals surface area contributed by atoms with E-state index in [1.54, 1.807) is 13.3 Å². The lowest BCUT2D eigenvalue weighted by Gasteiger charge is -2.32. The Labute approximate surface area is 129 Å². The van der Waals surface area contributed by atoms with Crippen LogP contribution in [0.2, 0.25) is 0 Å². The summed E-state index contributed by atoms with van der Waals surface area (Å²) in [4.78, 5) is 20.9. The van der Waals surface area contributed by atoms with Gasteiger partial charge in [0.05, 0.1) is 32.3 Å². The fourth-order valence-corrected chi connectivity index (χ4v) is 2.59. The van der Waals surface area contributed by atoms with Crippen LogP contribution in [0.1, 0.15) is 16.1 Å². The Bertz CT molecular complexity index is 610. The number of nitrogens with one attached hydrogen (secondary N) is 1. The van der Waals surface area contributed by atoms with Gasteiger partial charge in [-0.3, -0.25) is 4.79 Å². The molecule has 1 atom stereocenters. The number of ether oxygens (including phenoxy) is 2. The van der Waals surface area contributed by atoms with Gasteiger partial charge in [-0.25, -0.2) is 4.98 Å². The monoisotopic (exact) mass is 301 g/mol. The van der Waals surface area contributed by atoms with Gasteiger partial charge in [0.15, 0.2) is 0 Å². The minimum absolute atomic E-state index is 0.00835. The van der Waals surface area contributed by atoms with E-state index in [1.165, 1.54) is 11.9 Å². The lowest BCUT2D eigenvalue weighted by atomic mass is 10.1. The number of rotatable bonds is 4. The molecule has 3 rings (SSSR count). The number of carbonyl (C=O) groups excluding carboxylic acids is 1. The molecule has 0 radical (unpaired) electrons. The molecular weight excluding hydrogens is 282 g/mol. The van der Waals surface area contributed by atoms with Gasteiger partial charge in [0.1, 0.15) is 11.4 Å². The molecule has 0 spiro atoms. The number of H-pyrrole nitrogens is 1. The summed E-state index contributed by atoms with van der Waals surface area (Å²) >= 11 is 0. The first-order chi connectivity index (χ1) is 10.8. The maximum Gasteiger partial charge on any atom is 0.272 e. The van der Waals surface area contributed by atoms with Crippen molar-refractivity contribution in [2.24, 2.45) is 0 Å². The molecule has 22 heavy (non-hydrogen) atoms.